The highest BCUT2D eigenvalue weighted by Crippen LogP contribution is 2.46. The Morgan fingerprint density at radius 1 is 0.635 bits per heavy atom. The largest absolute Gasteiger partial charge is 0.463 e. The summed E-state index contributed by atoms with van der Waals surface area (Å²) in [7, 11) is 0. The van der Waals surface area contributed by atoms with Gasteiger partial charge in [-0.05, 0) is 96.5 Å². The van der Waals surface area contributed by atoms with Crippen molar-refractivity contribution in [3.05, 3.63) is 155 Å². The van der Waals surface area contributed by atoms with Crippen LogP contribution in [-0.2, 0) is 54.1 Å². The molecule has 74 heavy (non-hydrogen) atoms. The zero-order valence-electron chi connectivity index (χ0n) is 42.2. The molecule has 0 heterocycles. The van der Waals surface area contributed by atoms with Crippen LogP contribution in [0, 0.1) is 0 Å². The van der Waals surface area contributed by atoms with Crippen LogP contribution in [0.2, 0.25) is 0 Å². The molecular weight excluding hydrogens is 941 g/mol. The summed E-state index contributed by atoms with van der Waals surface area (Å²) < 4.78 is 23.2. The van der Waals surface area contributed by atoms with Crippen molar-refractivity contribution in [2.45, 2.75) is 108 Å². The molecule has 0 aromatic heterocycles. The van der Waals surface area contributed by atoms with Crippen LogP contribution in [0.4, 0.5) is 4.79 Å². The minimum Gasteiger partial charge on any atom is -0.463 e. The van der Waals surface area contributed by atoms with E-state index < -0.39 is 78.8 Å². The molecule has 0 unspecified atom stereocenters. The van der Waals surface area contributed by atoms with Gasteiger partial charge in [0.05, 0.1) is 6.42 Å². The van der Waals surface area contributed by atoms with Gasteiger partial charge in [0, 0.05) is 31.3 Å². The monoisotopic (exact) mass is 1000 g/mol. The average Bonchev–Trinajstić information content (AvgIpc) is 3.88. The summed E-state index contributed by atoms with van der Waals surface area (Å²) in [5.41, 5.74) is 13.7. The molecule has 1 fully saturated rings. The van der Waals surface area contributed by atoms with Crippen LogP contribution in [-0.4, -0.2) is 108 Å². The highest BCUT2D eigenvalue weighted by molar-refractivity contribution is 6.00. The lowest BCUT2D eigenvalue weighted by atomic mass is 9.98. The van der Waals surface area contributed by atoms with Crippen molar-refractivity contribution in [1.29, 1.82) is 0 Å². The molecule has 1 saturated carbocycles. The number of fused-ring (bicyclic) bond motifs is 6. The molecule has 0 bridgehead atoms. The summed E-state index contributed by atoms with van der Waals surface area (Å²) in [4.78, 5) is 99.5. The number of benzene rings is 5. The number of amides is 4. The van der Waals surface area contributed by atoms with E-state index in [9.17, 15) is 33.6 Å². The first-order valence-corrected chi connectivity index (χ1v) is 25.4. The summed E-state index contributed by atoms with van der Waals surface area (Å²) in [5, 5.41) is 2.57. The lowest BCUT2D eigenvalue weighted by molar-refractivity contribution is -0.157. The fraction of sp³-hybridized carbons (Fsp3) is 0.373. The van der Waals surface area contributed by atoms with E-state index in [1.54, 1.807) is 51.1 Å². The molecule has 8 rings (SSSR count). The van der Waals surface area contributed by atoms with Gasteiger partial charge < -0.3 is 34.9 Å². The van der Waals surface area contributed by atoms with Gasteiger partial charge >= 0.3 is 24.0 Å². The number of rotatable bonds is 20. The van der Waals surface area contributed by atoms with Crippen LogP contribution in [0.3, 0.4) is 0 Å². The number of nitrogens with one attached hydrogen (secondary N) is 1. The number of nitrogens with zero attached hydrogens (tertiary/aromatic N) is 2. The average molecular weight is 1010 g/mol. The molecule has 3 N–H and O–H groups in total. The third-order valence-electron chi connectivity index (χ3n) is 13.7. The maximum atomic E-state index is 14.6. The molecule has 15 heteroatoms. The number of carbonyl (C=O) groups excluding carboxylic acids is 7. The van der Waals surface area contributed by atoms with E-state index >= 15 is 0 Å². The molecule has 0 aliphatic heterocycles. The van der Waals surface area contributed by atoms with E-state index in [1.165, 1.54) is 0 Å². The fourth-order valence-electron chi connectivity index (χ4n) is 10.3. The van der Waals surface area contributed by atoms with Gasteiger partial charge in [0.2, 0.25) is 17.7 Å². The summed E-state index contributed by atoms with van der Waals surface area (Å²) in [6.45, 7) is 3.59. The minimum absolute atomic E-state index is 0.0596. The third-order valence-corrected chi connectivity index (χ3v) is 13.7. The van der Waals surface area contributed by atoms with Crippen molar-refractivity contribution in [1.82, 2.24) is 15.1 Å². The second-order valence-corrected chi connectivity index (χ2v) is 20.1. The normalized spacial score (nSPS) is 14.7. The molecule has 386 valence electrons. The summed E-state index contributed by atoms with van der Waals surface area (Å²) in [6, 6.07) is 37.3. The molecule has 5 aromatic carbocycles. The second kappa shape index (κ2) is 23.8. The van der Waals surface area contributed by atoms with Crippen LogP contribution in [0.5, 0.6) is 0 Å². The Morgan fingerprint density at radius 2 is 1.14 bits per heavy atom. The second-order valence-electron chi connectivity index (χ2n) is 20.1. The highest BCUT2D eigenvalue weighted by Gasteiger charge is 2.36. The van der Waals surface area contributed by atoms with Gasteiger partial charge in [-0.15, -0.1) is 0 Å². The van der Waals surface area contributed by atoms with Crippen LogP contribution < -0.4 is 11.1 Å². The Hall–Kier alpha value is -7.81. The van der Waals surface area contributed by atoms with Crippen molar-refractivity contribution in [2.24, 2.45) is 5.73 Å². The summed E-state index contributed by atoms with van der Waals surface area (Å²) in [6.07, 6.45) is 1.43. The molecule has 15 nitrogen and oxygen atoms in total. The van der Waals surface area contributed by atoms with E-state index in [1.807, 2.05) is 97.1 Å². The molecule has 2 atom stereocenters. The number of hydrogen-bond acceptors (Lipinski definition) is 11. The van der Waals surface area contributed by atoms with E-state index in [-0.39, 0.29) is 50.7 Å². The SMILES string of the molecule is CC(C)(C)OC(=O)CN(CCN(C(=O)CC(=O)N[C@@H](CC(=O)OC1CCCCC1)C(=O)OCC1c2ccccc2-c2ccccc21)[C@@H](Cc1ccccc1)C(N)=O)C(=O)OCC1c2ccccc2-c2ccccc21. The number of hydrogen-bond donors (Lipinski definition) is 2. The van der Waals surface area contributed by atoms with Crippen LogP contribution in [0.25, 0.3) is 22.3 Å². The smallest absolute Gasteiger partial charge is 0.410 e. The topological polar surface area (TPSA) is 201 Å². The lowest BCUT2D eigenvalue weighted by Crippen LogP contribution is -2.54. The molecular formula is C59H64N4O11. The molecule has 0 spiro atoms. The minimum atomic E-state index is -1.54. The summed E-state index contributed by atoms with van der Waals surface area (Å²) in [5.74, 6) is -5.71. The van der Waals surface area contributed by atoms with Gasteiger partial charge in [-0.25, -0.2) is 9.59 Å². The Balaban J connectivity index is 1.01. The van der Waals surface area contributed by atoms with Gasteiger partial charge in [-0.3, -0.25) is 28.9 Å². The maximum absolute atomic E-state index is 14.6. The van der Waals surface area contributed by atoms with Crippen LogP contribution >= 0.6 is 0 Å². The van der Waals surface area contributed by atoms with E-state index in [0.717, 1.165) is 73.6 Å². The number of primary amides is 1. The zero-order chi connectivity index (χ0) is 52.4. The molecule has 5 aromatic rings. The standard InChI is InChI=1S/C59H64N4O11/c1-59(2,3)74-55(67)35-62(58(70)72-37-49-46-28-16-12-24-42(46)43-25-13-17-29-47(43)49)30-31-63(51(56(60)68)32-38-18-6-4-7-19-38)53(65)34-52(64)61-50(33-54(66)73-39-20-8-5-9-21-39)57(69)71-36-48-44-26-14-10-22-40(44)41-23-11-15-27-45(41)48/h4,6-7,10-19,22-29,39,48-51H,5,8-9,20-21,30-37H2,1-3H3,(H2,60,68)(H,61,64)/t50-,51-/m0/s1. The van der Waals surface area contributed by atoms with Gasteiger partial charge in [0.1, 0.15) is 50.0 Å². The van der Waals surface area contributed by atoms with Crippen LogP contribution in [0.15, 0.2) is 127 Å². The van der Waals surface area contributed by atoms with E-state index in [2.05, 4.69) is 5.32 Å². The molecule has 3 aliphatic rings. The number of esters is 3. The Kier molecular flexibility index (Phi) is 16.9. The number of nitrogens with two attached hydrogens (primary N) is 1. The van der Waals surface area contributed by atoms with Gasteiger partial charge in [-0.2, -0.15) is 0 Å². The molecule has 0 saturated heterocycles. The Labute approximate surface area is 431 Å². The van der Waals surface area contributed by atoms with Gasteiger partial charge in [0.25, 0.3) is 0 Å². The van der Waals surface area contributed by atoms with Crippen molar-refractivity contribution >= 4 is 41.7 Å². The third kappa shape index (κ3) is 13.0. The molecule has 4 amide bonds. The highest BCUT2D eigenvalue weighted by atomic mass is 16.6. The van der Waals surface area contributed by atoms with Crippen molar-refractivity contribution in [3.8, 4) is 22.3 Å². The first kappa shape index (κ1) is 52.5. The predicted octanol–water partition coefficient (Wildman–Crippen LogP) is 8.00. The van der Waals surface area contributed by atoms with E-state index in [0.29, 0.717) is 18.4 Å². The van der Waals surface area contributed by atoms with Crippen LogP contribution in [0.1, 0.15) is 105 Å². The first-order valence-electron chi connectivity index (χ1n) is 25.4. The van der Waals surface area contributed by atoms with Crippen molar-refractivity contribution in [3.63, 3.8) is 0 Å². The lowest BCUT2D eigenvalue weighted by Gasteiger charge is -2.32. The zero-order valence-corrected chi connectivity index (χ0v) is 42.2. The quantitative estimate of drug-likeness (QED) is 0.0435. The predicted molar refractivity (Wildman–Crippen MR) is 276 cm³/mol. The van der Waals surface area contributed by atoms with E-state index in [4.69, 9.17) is 24.7 Å². The number of carbonyl (C=O) groups is 7. The molecule has 3 aliphatic carbocycles. The number of ether oxygens (including phenoxy) is 4. The molecule has 0 radical (unpaired) electrons. The fourth-order valence-corrected chi connectivity index (χ4v) is 10.3. The maximum Gasteiger partial charge on any atom is 0.410 e. The Morgan fingerprint density at radius 3 is 1.65 bits per heavy atom. The van der Waals surface area contributed by atoms with Gasteiger partial charge in [-0.1, -0.05) is 134 Å². The van der Waals surface area contributed by atoms with Crippen molar-refractivity contribution < 1.29 is 52.5 Å². The van der Waals surface area contributed by atoms with Crippen molar-refractivity contribution in [2.75, 3.05) is 32.8 Å². The Bertz CT molecular complexity index is 2760. The summed E-state index contributed by atoms with van der Waals surface area (Å²) >= 11 is 0. The first-order chi connectivity index (χ1) is 35.6. The van der Waals surface area contributed by atoms with Gasteiger partial charge in [0.15, 0.2) is 0 Å².